The Morgan fingerprint density at radius 2 is 1.46 bits per heavy atom. The van der Waals surface area contributed by atoms with Gasteiger partial charge >= 0.3 is 0 Å². The smallest absolute Gasteiger partial charge is 0.126 e. The molecule has 3 saturated carbocycles. The SMILES string of the molecule is CC1CC2CC(C3=CC=C(C4=C(F)C=C(C5CCCCC5)CC4)CC3)CC2C1. The number of hydrogen-bond donors (Lipinski definition) is 0. The molecule has 0 aromatic heterocycles. The summed E-state index contributed by atoms with van der Waals surface area (Å²) in [6.07, 6.45) is 23.2. The van der Waals surface area contributed by atoms with E-state index in [-0.39, 0.29) is 5.83 Å². The summed E-state index contributed by atoms with van der Waals surface area (Å²) in [7, 11) is 0. The number of allylic oxidation sites excluding steroid dienone is 8. The van der Waals surface area contributed by atoms with Gasteiger partial charge in [0.2, 0.25) is 0 Å². The molecule has 2 unspecified atom stereocenters. The third-order valence-electron chi connectivity index (χ3n) is 8.74. The van der Waals surface area contributed by atoms with E-state index >= 15 is 0 Å². The molecule has 1 heteroatoms. The Balaban J connectivity index is 1.27. The van der Waals surface area contributed by atoms with Gasteiger partial charge in [0.15, 0.2) is 0 Å². The summed E-state index contributed by atoms with van der Waals surface area (Å²) in [6.45, 7) is 2.43. The van der Waals surface area contributed by atoms with E-state index in [4.69, 9.17) is 0 Å². The van der Waals surface area contributed by atoms with Gasteiger partial charge in [-0.2, -0.15) is 0 Å². The number of hydrogen-bond acceptors (Lipinski definition) is 0. The molecule has 0 radical (unpaired) electrons. The summed E-state index contributed by atoms with van der Waals surface area (Å²) < 4.78 is 15.0. The summed E-state index contributed by atoms with van der Waals surface area (Å²) in [5, 5.41) is 0. The quantitative estimate of drug-likeness (QED) is 0.462. The zero-order chi connectivity index (χ0) is 19.1. The van der Waals surface area contributed by atoms with Crippen molar-refractivity contribution in [2.24, 2.45) is 29.6 Å². The minimum Gasteiger partial charge on any atom is -0.207 e. The van der Waals surface area contributed by atoms with Gasteiger partial charge in [0, 0.05) is 0 Å². The Labute approximate surface area is 171 Å². The van der Waals surface area contributed by atoms with Gasteiger partial charge in [-0.3, -0.25) is 0 Å². The lowest BCUT2D eigenvalue weighted by molar-refractivity contribution is 0.391. The van der Waals surface area contributed by atoms with Crippen LogP contribution in [0.15, 0.2) is 46.3 Å². The van der Waals surface area contributed by atoms with E-state index in [1.165, 1.54) is 75.4 Å². The molecule has 0 heterocycles. The van der Waals surface area contributed by atoms with Crippen LogP contribution in [0.4, 0.5) is 4.39 Å². The lowest BCUT2D eigenvalue weighted by Crippen LogP contribution is -2.13. The standard InChI is InChI=1S/C27H37F/c1-18-13-23-15-25(16-24(23)14-18)20-7-9-21(10-8-20)26-12-11-22(17-27(26)28)19-5-3-2-4-6-19/h7,9,17-19,23-25H,2-6,8,10-16H2,1H3. The summed E-state index contributed by atoms with van der Waals surface area (Å²) in [4.78, 5) is 0. The highest BCUT2D eigenvalue weighted by atomic mass is 19.1. The first-order chi connectivity index (χ1) is 13.7. The molecule has 28 heavy (non-hydrogen) atoms. The number of rotatable bonds is 3. The van der Waals surface area contributed by atoms with Crippen LogP contribution >= 0.6 is 0 Å². The average Bonchev–Trinajstić information content (AvgIpc) is 3.26. The van der Waals surface area contributed by atoms with Crippen LogP contribution < -0.4 is 0 Å². The van der Waals surface area contributed by atoms with Crippen LogP contribution in [-0.4, -0.2) is 0 Å². The summed E-state index contributed by atoms with van der Waals surface area (Å²) in [6, 6.07) is 0. The maximum absolute atomic E-state index is 15.0. The molecule has 0 nitrogen and oxygen atoms in total. The zero-order valence-electron chi connectivity index (χ0n) is 17.7. The molecule has 0 amide bonds. The van der Waals surface area contributed by atoms with Crippen molar-refractivity contribution in [1.82, 2.24) is 0 Å². The normalized spacial score (nSPS) is 36.9. The fourth-order valence-corrected chi connectivity index (χ4v) is 7.29. The molecule has 3 fully saturated rings. The van der Waals surface area contributed by atoms with Gasteiger partial charge < -0.3 is 0 Å². The van der Waals surface area contributed by atoms with Crippen molar-refractivity contribution in [2.75, 3.05) is 0 Å². The molecule has 0 aromatic rings. The van der Waals surface area contributed by atoms with E-state index in [0.717, 1.165) is 48.5 Å². The molecule has 5 aliphatic rings. The molecule has 0 spiro atoms. The van der Waals surface area contributed by atoms with Gasteiger partial charge in [-0.25, -0.2) is 4.39 Å². The van der Waals surface area contributed by atoms with Gasteiger partial charge in [0.05, 0.1) is 0 Å². The van der Waals surface area contributed by atoms with E-state index in [9.17, 15) is 4.39 Å². The average molecular weight is 381 g/mol. The summed E-state index contributed by atoms with van der Waals surface area (Å²) >= 11 is 0. The van der Waals surface area contributed by atoms with Crippen molar-refractivity contribution in [3.63, 3.8) is 0 Å². The fourth-order valence-electron chi connectivity index (χ4n) is 7.29. The van der Waals surface area contributed by atoms with Crippen LogP contribution in [0.1, 0.15) is 90.4 Å². The van der Waals surface area contributed by atoms with Gasteiger partial charge in [-0.05, 0) is 111 Å². The van der Waals surface area contributed by atoms with Crippen molar-refractivity contribution in [1.29, 1.82) is 0 Å². The Morgan fingerprint density at radius 3 is 2.11 bits per heavy atom. The van der Waals surface area contributed by atoms with E-state index < -0.39 is 0 Å². The van der Waals surface area contributed by atoms with Crippen LogP contribution in [0.5, 0.6) is 0 Å². The molecular formula is C27H37F. The monoisotopic (exact) mass is 380 g/mol. The van der Waals surface area contributed by atoms with E-state index in [1.54, 1.807) is 5.57 Å². The van der Waals surface area contributed by atoms with E-state index in [0.29, 0.717) is 5.92 Å². The lowest BCUT2D eigenvalue weighted by Gasteiger charge is -2.28. The minimum atomic E-state index is 0.0827. The zero-order valence-corrected chi connectivity index (χ0v) is 17.7. The van der Waals surface area contributed by atoms with E-state index in [2.05, 4.69) is 19.1 Å². The van der Waals surface area contributed by atoms with Gasteiger partial charge in [0.1, 0.15) is 5.83 Å². The van der Waals surface area contributed by atoms with Crippen molar-refractivity contribution in [2.45, 2.75) is 90.4 Å². The summed E-state index contributed by atoms with van der Waals surface area (Å²) in [5.41, 5.74) is 5.38. The second-order valence-corrected chi connectivity index (χ2v) is 10.6. The maximum atomic E-state index is 15.0. The molecule has 0 saturated heterocycles. The first kappa shape index (κ1) is 18.9. The predicted molar refractivity (Wildman–Crippen MR) is 116 cm³/mol. The molecule has 0 bridgehead atoms. The molecule has 0 aliphatic heterocycles. The van der Waals surface area contributed by atoms with Crippen molar-refractivity contribution in [3.8, 4) is 0 Å². The van der Waals surface area contributed by atoms with Crippen LogP contribution in [0.2, 0.25) is 0 Å². The van der Waals surface area contributed by atoms with Crippen molar-refractivity contribution in [3.05, 3.63) is 46.3 Å². The van der Waals surface area contributed by atoms with Crippen molar-refractivity contribution < 1.29 is 4.39 Å². The minimum absolute atomic E-state index is 0.0827. The predicted octanol–water partition coefficient (Wildman–Crippen LogP) is 8.23. The Kier molecular flexibility index (Phi) is 5.37. The fraction of sp³-hybridized carbons (Fsp3) is 0.704. The lowest BCUT2D eigenvalue weighted by atomic mass is 9.77. The Morgan fingerprint density at radius 1 is 0.750 bits per heavy atom. The maximum Gasteiger partial charge on any atom is 0.126 e. The number of fused-ring (bicyclic) bond motifs is 1. The van der Waals surface area contributed by atoms with Gasteiger partial charge in [0.25, 0.3) is 0 Å². The molecule has 5 aliphatic carbocycles. The molecule has 2 atom stereocenters. The summed E-state index contributed by atoms with van der Waals surface area (Å²) in [5.74, 6) is 4.51. The molecule has 5 rings (SSSR count). The first-order valence-electron chi connectivity index (χ1n) is 12.2. The first-order valence-corrected chi connectivity index (χ1v) is 12.2. The molecule has 0 N–H and O–H groups in total. The molecular weight excluding hydrogens is 343 g/mol. The second-order valence-electron chi connectivity index (χ2n) is 10.6. The number of halogens is 1. The third-order valence-corrected chi connectivity index (χ3v) is 8.74. The largest absolute Gasteiger partial charge is 0.207 e. The topological polar surface area (TPSA) is 0 Å². The van der Waals surface area contributed by atoms with Crippen LogP contribution in [0.3, 0.4) is 0 Å². The van der Waals surface area contributed by atoms with Gasteiger partial charge in [-0.1, -0.05) is 49.5 Å². The third kappa shape index (κ3) is 3.71. The Hall–Kier alpha value is -1.11. The molecule has 152 valence electrons. The highest BCUT2D eigenvalue weighted by Gasteiger charge is 2.41. The van der Waals surface area contributed by atoms with Gasteiger partial charge in [-0.15, -0.1) is 0 Å². The van der Waals surface area contributed by atoms with E-state index in [1.807, 2.05) is 6.08 Å². The Bertz CT molecular complexity index is 713. The second kappa shape index (κ2) is 7.96. The van der Waals surface area contributed by atoms with Crippen LogP contribution in [0.25, 0.3) is 0 Å². The molecule has 0 aromatic carbocycles. The van der Waals surface area contributed by atoms with Crippen LogP contribution in [0, 0.1) is 29.6 Å². The highest BCUT2D eigenvalue weighted by Crippen LogP contribution is 2.52. The van der Waals surface area contributed by atoms with Crippen LogP contribution in [-0.2, 0) is 0 Å². The highest BCUT2D eigenvalue weighted by molar-refractivity contribution is 5.45. The van der Waals surface area contributed by atoms with Crippen molar-refractivity contribution >= 4 is 0 Å².